The summed E-state index contributed by atoms with van der Waals surface area (Å²) in [5, 5.41) is 0. The van der Waals surface area contributed by atoms with Gasteiger partial charge < -0.3 is 9.64 Å². The molecule has 0 aliphatic carbocycles. The van der Waals surface area contributed by atoms with Crippen molar-refractivity contribution < 1.29 is 31.1 Å². The van der Waals surface area contributed by atoms with Crippen LogP contribution < -0.4 is 4.74 Å². The van der Waals surface area contributed by atoms with E-state index in [2.05, 4.69) is 0 Å². The van der Waals surface area contributed by atoms with Crippen molar-refractivity contribution in [3.8, 4) is 5.75 Å². The molecule has 0 spiro atoms. The summed E-state index contributed by atoms with van der Waals surface area (Å²) in [5.74, 6) is -1.01. The summed E-state index contributed by atoms with van der Waals surface area (Å²) >= 11 is 0. The first kappa shape index (κ1) is 20.5. The number of carbonyl (C=O) groups excluding carboxylic acids is 1. The topological polar surface area (TPSA) is 63.7 Å². The van der Waals surface area contributed by atoms with Crippen molar-refractivity contribution in [1.29, 1.82) is 0 Å². The lowest BCUT2D eigenvalue weighted by molar-refractivity contribution is -0.141. The quantitative estimate of drug-likeness (QED) is 0.715. The zero-order valence-electron chi connectivity index (χ0n) is 14.5. The van der Waals surface area contributed by atoms with Crippen molar-refractivity contribution in [3.05, 3.63) is 29.8 Å². The minimum absolute atomic E-state index is 0.0192. The van der Waals surface area contributed by atoms with E-state index in [4.69, 9.17) is 4.74 Å². The second kappa shape index (κ2) is 8.28. The predicted octanol–water partition coefficient (Wildman–Crippen LogP) is 2.90. The Morgan fingerprint density at radius 2 is 2.00 bits per heavy atom. The van der Waals surface area contributed by atoms with Gasteiger partial charge in [0.05, 0.1) is 17.1 Å². The van der Waals surface area contributed by atoms with E-state index in [0.717, 1.165) is 18.6 Å². The number of sulfone groups is 1. The maximum Gasteiger partial charge on any atom is 0.419 e. The Hall–Kier alpha value is -1.77. The molecule has 1 amide bonds. The van der Waals surface area contributed by atoms with Crippen LogP contribution in [-0.4, -0.2) is 49.9 Å². The normalized spacial score (nSPS) is 19.3. The van der Waals surface area contributed by atoms with E-state index in [9.17, 15) is 26.4 Å². The summed E-state index contributed by atoms with van der Waals surface area (Å²) in [7, 11) is -3.18. The summed E-state index contributed by atoms with van der Waals surface area (Å²) in [4.78, 5) is 13.9. The fourth-order valence-corrected chi connectivity index (χ4v) is 4.64. The molecule has 1 aromatic rings. The van der Waals surface area contributed by atoms with Crippen molar-refractivity contribution in [3.63, 3.8) is 0 Å². The van der Waals surface area contributed by atoms with Crippen LogP contribution >= 0.6 is 0 Å². The van der Waals surface area contributed by atoms with E-state index in [1.54, 1.807) is 0 Å². The van der Waals surface area contributed by atoms with Gasteiger partial charge in [0, 0.05) is 12.6 Å². The SMILES string of the molecule is CCCCN(C(=O)COc1ccccc1C(F)(F)F)C1CCS(=O)(=O)C1. The number of benzene rings is 1. The molecule has 26 heavy (non-hydrogen) atoms. The van der Waals surface area contributed by atoms with Crippen molar-refractivity contribution in [1.82, 2.24) is 4.90 Å². The number of ether oxygens (including phenoxy) is 1. The van der Waals surface area contributed by atoms with Gasteiger partial charge in [-0.1, -0.05) is 25.5 Å². The first-order valence-corrected chi connectivity index (χ1v) is 10.2. The molecule has 0 aromatic heterocycles. The number of rotatable bonds is 7. The van der Waals surface area contributed by atoms with Crippen LogP contribution in [0.1, 0.15) is 31.7 Å². The molecule has 0 bridgehead atoms. The number of halogens is 3. The molecular weight excluding hydrogens is 371 g/mol. The van der Waals surface area contributed by atoms with E-state index < -0.39 is 45.9 Å². The number of para-hydroxylation sites is 1. The molecule has 1 atom stereocenters. The van der Waals surface area contributed by atoms with E-state index in [1.807, 2.05) is 6.92 Å². The Bertz CT molecular complexity index is 734. The third-order valence-corrected chi connectivity index (χ3v) is 6.02. The van der Waals surface area contributed by atoms with Crippen LogP contribution in [0.25, 0.3) is 0 Å². The molecular formula is C17H22F3NO4S. The molecule has 5 nitrogen and oxygen atoms in total. The molecule has 1 aliphatic rings. The van der Waals surface area contributed by atoms with E-state index in [1.165, 1.54) is 17.0 Å². The van der Waals surface area contributed by atoms with Crippen molar-refractivity contribution >= 4 is 15.7 Å². The van der Waals surface area contributed by atoms with Gasteiger partial charge in [-0.15, -0.1) is 0 Å². The number of unbranched alkanes of at least 4 members (excludes halogenated alkanes) is 1. The van der Waals surface area contributed by atoms with E-state index in [-0.39, 0.29) is 11.5 Å². The molecule has 0 N–H and O–H groups in total. The van der Waals surface area contributed by atoms with Gasteiger partial charge in [-0.05, 0) is 25.0 Å². The molecule has 1 heterocycles. The standard InChI is InChI=1S/C17H22F3NO4S/c1-2-3-9-21(13-8-10-26(23,24)12-13)16(22)11-25-15-7-5-4-6-14(15)17(18,19)20/h4-7,13H,2-3,8-12H2,1H3. The van der Waals surface area contributed by atoms with Crippen LogP contribution in [-0.2, 0) is 20.8 Å². The second-order valence-electron chi connectivity index (χ2n) is 6.28. The lowest BCUT2D eigenvalue weighted by Gasteiger charge is -2.28. The fourth-order valence-electron chi connectivity index (χ4n) is 2.91. The number of hydrogen-bond donors (Lipinski definition) is 0. The zero-order valence-corrected chi connectivity index (χ0v) is 15.3. The molecule has 1 aromatic carbocycles. The monoisotopic (exact) mass is 393 g/mol. The van der Waals surface area contributed by atoms with Crippen LogP contribution in [0.5, 0.6) is 5.75 Å². The number of nitrogens with zero attached hydrogens (tertiary/aromatic N) is 1. The number of amides is 1. The molecule has 0 saturated carbocycles. The summed E-state index contributed by atoms with van der Waals surface area (Å²) in [5.41, 5.74) is -0.948. The van der Waals surface area contributed by atoms with Crippen LogP contribution in [0, 0.1) is 0 Å². The molecule has 146 valence electrons. The molecule has 1 unspecified atom stereocenters. The van der Waals surface area contributed by atoms with Gasteiger partial charge in [0.1, 0.15) is 5.75 Å². The van der Waals surface area contributed by atoms with Crippen molar-refractivity contribution in [2.45, 2.75) is 38.4 Å². The number of carbonyl (C=O) groups is 1. The molecule has 1 saturated heterocycles. The minimum Gasteiger partial charge on any atom is -0.483 e. The number of hydrogen-bond acceptors (Lipinski definition) is 4. The van der Waals surface area contributed by atoms with Gasteiger partial charge in [-0.2, -0.15) is 13.2 Å². The van der Waals surface area contributed by atoms with Gasteiger partial charge in [0.2, 0.25) is 0 Å². The van der Waals surface area contributed by atoms with Crippen LogP contribution in [0.3, 0.4) is 0 Å². The average Bonchev–Trinajstić information content (AvgIpc) is 2.92. The van der Waals surface area contributed by atoms with E-state index >= 15 is 0 Å². The smallest absolute Gasteiger partial charge is 0.419 e. The first-order valence-electron chi connectivity index (χ1n) is 8.43. The Kier molecular flexibility index (Phi) is 6.54. The summed E-state index contributed by atoms with van der Waals surface area (Å²) in [6.45, 7) is 1.73. The maximum absolute atomic E-state index is 13.0. The minimum atomic E-state index is -4.58. The summed E-state index contributed by atoms with van der Waals surface area (Å²) in [6.07, 6.45) is -2.75. The summed E-state index contributed by atoms with van der Waals surface area (Å²) in [6, 6.07) is 4.24. The summed E-state index contributed by atoms with van der Waals surface area (Å²) < 4.78 is 67.5. The highest BCUT2D eigenvalue weighted by molar-refractivity contribution is 7.91. The Balaban J connectivity index is 2.08. The molecule has 1 fully saturated rings. The molecule has 9 heteroatoms. The predicted molar refractivity (Wildman–Crippen MR) is 90.6 cm³/mol. The maximum atomic E-state index is 13.0. The number of alkyl halides is 3. The second-order valence-corrected chi connectivity index (χ2v) is 8.51. The van der Waals surface area contributed by atoms with Crippen LogP contribution in [0.2, 0.25) is 0 Å². The Labute approximate surface area is 151 Å². The first-order chi connectivity index (χ1) is 12.1. The Morgan fingerprint density at radius 3 is 2.58 bits per heavy atom. The Morgan fingerprint density at radius 1 is 1.31 bits per heavy atom. The molecule has 0 radical (unpaired) electrons. The lowest BCUT2D eigenvalue weighted by Crippen LogP contribution is -2.44. The highest BCUT2D eigenvalue weighted by Crippen LogP contribution is 2.35. The van der Waals surface area contributed by atoms with Gasteiger partial charge >= 0.3 is 6.18 Å². The van der Waals surface area contributed by atoms with Crippen LogP contribution in [0.15, 0.2) is 24.3 Å². The highest BCUT2D eigenvalue weighted by Gasteiger charge is 2.36. The van der Waals surface area contributed by atoms with Gasteiger partial charge in [-0.3, -0.25) is 4.79 Å². The lowest BCUT2D eigenvalue weighted by atomic mass is 10.2. The molecule has 1 aliphatic heterocycles. The third kappa shape index (κ3) is 5.36. The van der Waals surface area contributed by atoms with Gasteiger partial charge in [0.15, 0.2) is 16.4 Å². The zero-order chi connectivity index (χ0) is 19.4. The van der Waals surface area contributed by atoms with Crippen LogP contribution in [0.4, 0.5) is 13.2 Å². The average molecular weight is 393 g/mol. The van der Waals surface area contributed by atoms with Crippen molar-refractivity contribution in [2.75, 3.05) is 24.7 Å². The fraction of sp³-hybridized carbons (Fsp3) is 0.588. The van der Waals surface area contributed by atoms with Crippen molar-refractivity contribution in [2.24, 2.45) is 0 Å². The molecule has 2 rings (SSSR count). The van der Waals surface area contributed by atoms with Gasteiger partial charge in [0.25, 0.3) is 5.91 Å². The van der Waals surface area contributed by atoms with E-state index in [0.29, 0.717) is 19.4 Å². The largest absolute Gasteiger partial charge is 0.483 e. The van der Waals surface area contributed by atoms with Gasteiger partial charge in [-0.25, -0.2) is 8.42 Å². The highest BCUT2D eigenvalue weighted by atomic mass is 32.2. The third-order valence-electron chi connectivity index (χ3n) is 4.27.